The number of methoxy groups -OCH3 is 2. The Hall–Kier alpha value is -2.74. The molecule has 1 aliphatic heterocycles. The summed E-state index contributed by atoms with van der Waals surface area (Å²) < 4.78 is 12.3. The lowest BCUT2D eigenvalue weighted by Gasteiger charge is -2.36. The summed E-state index contributed by atoms with van der Waals surface area (Å²) >= 11 is 0. The van der Waals surface area contributed by atoms with E-state index in [1.807, 2.05) is 18.2 Å². The topological polar surface area (TPSA) is 79.8 Å². The lowest BCUT2D eigenvalue weighted by atomic mass is 10.2. The number of nitrogens with one attached hydrogen (secondary N) is 1. The Morgan fingerprint density at radius 1 is 0.931 bits per heavy atom. The Morgan fingerprint density at radius 3 is 2.17 bits per heavy atom. The van der Waals surface area contributed by atoms with Gasteiger partial charge in [-0.3, -0.25) is 14.7 Å². The van der Waals surface area contributed by atoms with Gasteiger partial charge >= 0.3 is 5.69 Å². The summed E-state index contributed by atoms with van der Waals surface area (Å²) in [5.41, 5.74) is 1.05. The Morgan fingerprint density at radius 2 is 1.55 bits per heavy atom. The predicted octanol–water partition coefficient (Wildman–Crippen LogP) is 1.46. The van der Waals surface area contributed by atoms with Gasteiger partial charge < -0.3 is 18.9 Å². The summed E-state index contributed by atoms with van der Waals surface area (Å²) in [5.74, 6) is 1.60. The number of H-pyrrole nitrogens is 1. The molecule has 0 saturated carbocycles. The number of aromatic nitrogens is 2. The molecule has 2 aromatic rings. The van der Waals surface area contributed by atoms with Crippen molar-refractivity contribution in [2.75, 3.05) is 51.8 Å². The molecule has 2 heterocycles. The molecule has 0 spiro atoms. The van der Waals surface area contributed by atoms with E-state index >= 15 is 0 Å². The van der Waals surface area contributed by atoms with E-state index in [2.05, 4.69) is 14.8 Å². The first-order valence-corrected chi connectivity index (χ1v) is 10.0. The molecule has 29 heavy (non-hydrogen) atoms. The Labute approximate surface area is 170 Å². The van der Waals surface area contributed by atoms with Crippen LogP contribution in [0, 0.1) is 6.92 Å². The van der Waals surface area contributed by atoms with Crippen molar-refractivity contribution in [2.24, 2.45) is 0 Å². The second-order valence-corrected chi connectivity index (χ2v) is 7.37. The van der Waals surface area contributed by atoms with Gasteiger partial charge in [-0.15, -0.1) is 0 Å². The van der Waals surface area contributed by atoms with E-state index in [9.17, 15) is 9.59 Å². The molecule has 0 unspecified atom stereocenters. The number of benzene rings is 1. The quantitative estimate of drug-likeness (QED) is 0.674. The van der Waals surface area contributed by atoms with Gasteiger partial charge in [0.05, 0.1) is 14.2 Å². The smallest absolute Gasteiger partial charge is 0.328 e. The molecule has 8 nitrogen and oxygen atoms in total. The van der Waals surface area contributed by atoms with Crippen LogP contribution in [-0.2, 0) is 6.54 Å². The van der Waals surface area contributed by atoms with Crippen LogP contribution in [0.5, 0.6) is 11.5 Å². The molecule has 3 rings (SSSR count). The molecule has 1 aliphatic rings. The van der Waals surface area contributed by atoms with Crippen LogP contribution in [0.3, 0.4) is 0 Å². The number of anilines is 1. The van der Waals surface area contributed by atoms with Gasteiger partial charge in [0.25, 0.3) is 5.56 Å². The second kappa shape index (κ2) is 9.65. The van der Waals surface area contributed by atoms with Crippen molar-refractivity contribution < 1.29 is 9.47 Å². The minimum atomic E-state index is -0.331. The van der Waals surface area contributed by atoms with Gasteiger partial charge in [-0.05, 0) is 26.3 Å². The fourth-order valence-electron chi connectivity index (χ4n) is 3.61. The van der Waals surface area contributed by atoms with Crippen LogP contribution >= 0.6 is 0 Å². The highest BCUT2D eigenvalue weighted by Crippen LogP contribution is 2.29. The van der Waals surface area contributed by atoms with E-state index in [1.54, 1.807) is 31.9 Å². The fraction of sp³-hybridized carbons (Fsp3) is 0.524. The zero-order valence-corrected chi connectivity index (χ0v) is 17.4. The van der Waals surface area contributed by atoms with E-state index < -0.39 is 0 Å². The van der Waals surface area contributed by atoms with E-state index in [0.717, 1.165) is 62.8 Å². The normalized spacial score (nSPS) is 14.8. The van der Waals surface area contributed by atoms with E-state index in [4.69, 9.17) is 9.47 Å². The highest BCUT2D eigenvalue weighted by atomic mass is 16.5. The molecule has 0 bridgehead atoms. The maximum atomic E-state index is 11.8. The van der Waals surface area contributed by atoms with Gasteiger partial charge in [0, 0.05) is 68.4 Å². The largest absolute Gasteiger partial charge is 0.497 e. The monoisotopic (exact) mass is 402 g/mol. The molecule has 1 saturated heterocycles. The molecular weight excluding hydrogens is 372 g/mol. The minimum absolute atomic E-state index is 0.308. The number of aromatic amines is 1. The van der Waals surface area contributed by atoms with Crippen LogP contribution < -0.4 is 25.6 Å². The van der Waals surface area contributed by atoms with Gasteiger partial charge in [0.15, 0.2) is 0 Å². The Bertz CT molecular complexity index is 907. The molecule has 0 amide bonds. The third-order valence-corrected chi connectivity index (χ3v) is 5.39. The Kier molecular flexibility index (Phi) is 6.98. The van der Waals surface area contributed by atoms with Gasteiger partial charge in [0.2, 0.25) is 0 Å². The van der Waals surface area contributed by atoms with Gasteiger partial charge in [-0.2, -0.15) is 0 Å². The van der Waals surface area contributed by atoms with Crippen molar-refractivity contribution in [1.82, 2.24) is 14.5 Å². The van der Waals surface area contributed by atoms with E-state index in [-0.39, 0.29) is 11.2 Å². The van der Waals surface area contributed by atoms with Crippen molar-refractivity contribution >= 4 is 5.69 Å². The second-order valence-electron chi connectivity index (χ2n) is 7.37. The van der Waals surface area contributed by atoms with Crippen molar-refractivity contribution in [1.29, 1.82) is 0 Å². The van der Waals surface area contributed by atoms with Crippen LogP contribution in [0.15, 0.2) is 34.0 Å². The number of hydrogen-bond donors (Lipinski definition) is 1. The van der Waals surface area contributed by atoms with E-state index in [1.165, 1.54) is 0 Å². The zero-order valence-electron chi connectivity index (χ0n) is 17.4. The lowest BCUT2D eigenvalue weighted by Crippen LogP contribution is -2.46. The molecule has 8 heteroatoms. The number of unbranched alkanes of at least 4 members (excludes halogenated alkanes) is 1. The van der Waals surface area contributed by atoms with Gasteiger partial charge in [-0.25, -0.2) is 4.79 Å². The number of hydrogen-bond acceptors (Lipinski definition) is 6. The summed E-state index contributed by atoms with van der Waals surface area (Å²) in [6, 6.07) is 5.97. The maximum Gasteiger partial charge on any atom is 0.328 e. The summed E-state index contributed by atoms with van der Waals surface area (Å²) in [5, 5.41) is 0. The number of rotatable bonds is 8. The average Bonchev–Trinajstić information content (AvgIpc) is 2.74. The van der Waals surface area contributed by atoms with Crippen molar-refractivity contribution in [3.8, 4) is 11.5 Å². The third kappa shape index (κ3) is 5.41. The third-order valence-electron chi connectivity index (χ3n) is 5.39. The highest BCUT2D eigenvalue weighted by molar-refractivity contribution is 5.56. The number of ether oxygens (including phenoxy) is 2. The first kappa shape index (κ1) is 21.0. The van der Waals surface area contributed by atoms with Crippen LogP contribution in [0.25, 0.3) is 0 Å². The summed E-state index contributed by atoms with van der Waals surface area (Å²) in [7, 11) is 3.33. The molecule has 1 aromatic carbocycles. The molecule has 0 atom stereocenters. The SMILES string of the molecule is COc1cc(OC)cc(N2CCN(CCCCn3cc(C)c(=O)[nH]c3=O)CC2)c1. The van der Waals surface area contributed by atoms with Crippen LogP contribution in [0.1, 0.15) is 18.4 Å². The fourth-order valence-corrected chi connectivity index (χ4v) is 3.61. The van der Waals surface area contributed by atoms with Crippen molar-refractivity contribution in [2.45, 2.75) is 26.3 Å². The molecule has 1 fully saturated rings. The molecule has 0 aliphatic carbocycles. The number of piperazine rings is 1. The molecule has 158 valence electrons. The van der Waals surface area contributed by atoms with Crippen LogP contribution in [0.4, 0.5) is 5.69 Å². The van der Waals surface area contributed by atoms with Crippen LogP contribution in [0.2, 0.25) is 0 Å². The zero-order chi connectivity index (χ0) is 20.8. The highest BCUT2D eigenvalue weighted by Gasteiger charge is 2.18. The maximum absolute atomic E-state index is 11.8. The molecule has 1 N–H and O–H groups in total. The van der Waals surface area contributed by atoms with Crippen molar-refractivity contribution in [3.05, 3.63) is 50.8 Å². The standard InChI is InChI=1S/C21H30N4O4/c1-16-15-25(21(27)22-20(16)26)7-5-4-6-23-8-10-24(11-9-23)17-12-18(28-2)14-19(13-17)29-3/h12-15H,4-11H2,1-3H3,(H,22,26,27). The van der Waals surface area contributed by atoms with Crippen molar-refractivity contribution in [3.63, 3.8) is 0 Å². The van der Waals surface area contributed by atoms with Gasteiger partial charge in [-0.1, -0.05) is 0 Å². The summed E-state index contributed by atoms with van der Waals surface area (Å²) in [6.07, 6.45) is 3.55. The molecule has 1 aromatic heterocycles. The summed E-state index contributed by atoms with van der Waals surface area (Å²) in [6.45, 7) is 7.25. The van der Waals surface area contributed by atoms with Gasteiger partial charge in [0.1, 0.15) is 11.5 Å². The average molecular weight is 402 g/mol. The first-order chi connectivity index (χ1) is 14.0. The molecule has 0 radical (unpaired) electrons. The first-order valence-electron chi connectivity index (χ1n) is 10.0. The number of aryl methyl sites for hydroxylation is 2. The summed E-state index contributed by atoms with van der Waals surface area (Å²) in [4.78, 5) is 30.4. The molecular formula is C21H30N4O4. The predicted molar refractivity (Wildman–Crippen MR) is 113 cm³/mol. The Balaban J connectivity index is 1.45. The minimum Gasteiger partial charge on any atom is -0.497 e. The number of nitrogens with zero attached hydrogens (tertiary/aromatic N) is 3. The van der Waals surface area contributed by atoms with Crippen LogP contribution in [-0.4, -0.2) is 61.4 Å². The van der Waals surface area contributed by atoms with E-state index in [0.29, 0.717) is 12.1 Å². The lowest BCUT2D eigenvalue weighted by molar-refractivity contribution is 0.251.